The summed E-state index contributed by atoms with van der Waals surface area (Å²) in [5.74, 6) is 0.408. The fraction of sp³-hybridized carbons (Fsp3) is 0.0870. The largest absolute Gasteiger partial charge is 0.354 e. The van der Waals surface area contributed by atoms with Crippen molar-refractivity contribution >= 4 is 28.6 Å². The van der Waals surface area contributed by atoms with Crippen LogP contribution in [0.5, 0.6) is 0 Å². The van der Waals surface area contributed by atoms with E-state index in [0.29, 0.717) is 12.1 Å². The highest BCUT2D eigenvalue weighted by atomic mass is 32.2. The van der Waals surface area contributed by atoms with Crippen molar-refractivity contribution in [2.24, 2.45) is 0 Å². The van der Waals surface area contributed by atoms with Gasteiger partial charge in [-0.1, -0.05) is 36.4 Å². The second kappa shape index (κ2) is 8.31. The molecule has 0 bridgehead atoms. The third kappa shape index (κ3) is 3.94. The van der Waals surface area contributed by atoms with E-state index in [1.807, 2.05) is 36.4 Å². The van der Waals surface area contributed by atoms with Gasteiger partial charge in [0.1, 0.15) is 5.82 Å². The average molecular weight is 390 g/mol. The molecule has 0 radical (unpaired) electrons. The first-order valence-electron chi connectivity index (χ1n) is 9.05. The average Bonchev–Trinajstić information content (AvgIpc) is 3.11. The number of aromatic nitrogens is 1. The molecule has 3 aromatic carbocycles. The zero-order valence-electron chi connectivity index (χ0n) is 15.1. The summed E-state index contributed by atoms with van der Waals surface area (Å²) in [6.45, 7) is 0.556. The SMILES string of the molecule is O=C(NCCSc1c(-c2ccc(F)cc2)[nH]c2ccccc12)c1ccccc1. The number of fused-ring (bicyclic) bond motifs is 1. The number of para-hydroxylation sites is 1. The van der Waals surface area contributed by atoms with Crippen molar-refractivity contribution in [3.8, 4) is 11.3 Å². The highest BCUT2D eigenvalue weighted by Crippen LogP contribution is 2.37. The number of rotatable bonds is 6. The van der Waals surface area contributed by atoms with Crippen molar-refractivity contribution in [3.63, 3.8) is 0 Å². The lowest BCUT2D eigenvalue weighted by molar-refractivity contribution is 0.0956. The number of halogens is 1. The summed E-state index contributed by atoms with van der Waals surface area (Å²) in [7, 11) is 0. The number of amides is 1. The van der Waals surface area contributed by atoms with Crippen molar-refractivity contribution in [2.75, 3.05) is 12.3 Å². The molecule has 0 aliphatic carbocycles. The Labute approximate surface area is 167 Å². The first-order chi connectivity index (χ1) is 13.7. The molecule has 5 heteroatoms. The Kier molecular flexibility index (Phi) is 5.44. The highest BCUT2D eigenvalue weighted by molar-refractivity contribution is 7.99. The normalized spacial score (nSPS) is 10.9. The van der Waals surface area contributed by atoms with Crippen LogP contribution in [-0.4, -0.2) is 23.2 Å². The van der Waals surface area contributed by atoms with Gasteiger partial charge in [-0.25, -0.2) is 4.39 Å². The topological polar surface area (TPSA) is 44.9 Å². The number of benzene rings is 3. The van der Waals surface area contributed by atoms with Gasteiger partial charge < -0.3 is 10.3 Å². The maximum atomic E-state index is 13.3. The van der Waals surface area contributed by atoms with Gasteiger partial charge in [0.15, 0.2) is 0 Å². The Morgan fingerprint density at radius 3 is 2.43 bits per heavy atom. The minimum atomic E-state index is -0.252. The fourth-order valence-electron chi connectivity index (χ4n) is 3.10. The van der Waals surface area contributed by atoms with Crippen LogP contribution in [0.1, 0.15) is 10.4 Å². The summed E-state index contributed by atoms with van der Waals surface area (Å²) in [6, 6.07) is 23.8. The molecule has 28 heavy (non-hydrogen) atoms. The first kappa shape index (κ1) is 18.3. The maximum absolute atomic E-state index is 13.3. The van der Waals surface area contributed by atoms with Crippen LogP contribution in [0, 0.1) is 5.82 Å². The Hall–Kier alpha value is -3.05. The summed E-state index contributed by atoms with van der Waals surface area (Å²) >= 11 is 1.68. The van der Waals surface area contributed by atoms with Crippen molar-refractivity contribution in [1.29, 1.82) is 0 Å². The molecule has 3 nitrogen and oxygen atoms in total. The van der Waals surface area contributed by atoms with Gasteiger partial charge in [0, 0.05) is 33.7 Å². The molecule has 0 saturated carbocycles. The maximum Gasteiger partial charge on any atom is 0.251 e. The molecule has 1 aromatic heterocycles. The summed E-state index contributed by atoms with van der Waals surface area (Å²) in [4.78, 5) is 16.7. The van der Waals surface area contributed by atoms with E-state index in [1.54, 1.807) is 36.0 Å². The molecule has 0 saturated heterocycles. The summed E-state index contributed by atoms with van der Waals surface area (Å²) in [5.41, 5.74) is 3.61. The minimum absolute atomic E-state index is 0.0705. The quantitative estimate of drug-likeness (QED) is 0.337. The Bertz CT molecular complexity index is 1090. The van der Waals surface area contributed by atoms with E-state index in [9.17, 15) is 9.18 Å². The number of H-pyrrole nitrogens is 1. The van der Waals surface area contributed by atoms with Crippen LogP contribution in [0.3, 0.4) is 0 Å². The zero-order valence-corrected chi connectivity index (χ0v) is 15.9. The minimum Gasteiger partial charge on any atom is -0.354 e. The van der Waals surface area contributed by atoms with E-state index in [1.165, 1.54) is 12.1 Å². The number of thioether (sulfide) groups is 1. The molecule has 0 fully saturated rings. The zero-order chi connectivity index (χ0) is 19.3. The van der Waals surface area contributed by atoms with Crippen LogP contribution in [-0.2, 0) is 0 Å². The predicted molar refractivity (Wildman–Crippen MR) is 113 cm³/mol. The monoisotopic (exact) mass is 390 g/mol. The van der Waals surface area contributed by atoms with Gasteiger partial charge >= 0.3 is 0 Å². The van der Waals surface area contributed by atoms with Crippen molar-refractivity contribution in [2.45, 2.75) is 4.90 Å². The predicted octanol–water partition coefficient (Wildman–Crippen LogP) is 5.50. The van der Waals surface area contributed by atoms with Crippen LogP contribution in [0.25, 0.3) is 22.2 Å². The highest BCUT2D eigenvalue weighted by Gasteiger charge is 2.14. The van der Waals surface area contributed by atoms with Crippen LogP contribution < -0.4 is 5.32 Å². The van der Waals surface area contributed by atoms with Gasteiger partial charge in [0.2, 0.25) is 0 Å². The van der Waals surface area contributed by atoms with Gasteiger partial charge in [0.05, 0.1) is 5.69 Å². The number of carbonyl (C=O) groups is 1. The lowest BCUT2D eigenvalue weighted by Gasteiger charge is -2.07. The van der Waals surface area contributed by atoms with E-state index >= 15 is 0 Å². The van der Waals surface area contributed by atoms with E-state index in [-0.39, 0.29) is 11.7 Å². The van der Waals surface area contributed by atoms with E-state index in [0.717, 1.165) is 32.8 Å². The molecule has 0 atom stereocenters. The lowest BCUT2D eigenvalue weighted by atomic mass is 10.1. The molecule has 4 rings (SSSR count). The van der Waals surface area contributed by atoms with Crippen molar-refractivity contribution < 1.29 is 9.18 Å². The second-order valence-electron chi connectivity index (χ2n) is 6.35. The van der Waals surface area contributed by atoms with E-state index in [4.69, 9.17) is 0 Å². The molecular weight excluding hydrogens is 371 g/mol. The molecule has 140 valence electrons. The number of hydrogen-bond acceptors (Lipinski definition) is 2. The second-order valence-corrected chi connectivity index (χ2v) is 7.46. The standard InChI is InChI=1S/C23H19FN2OS/c24-18-12-10-16(11-13-18)21-22(19-8-4-5-9-20(19)26-21)28-15-14-25-23(27)17-6-2-1-3-7-17/h1-13,26H,14-15H2,(H,25,27). The molecule has 0 aliphatic rings. The van der Waals surface area contributed by atoms with Gasteiger partial charge in [-0.15, -0.1) is 11.8 Å². The van der Waals surface area contributed by atoms with Gasteiger partial charge in [-0.3, -0.25) is 4.79 Å². The number of carbonyl (C=O) groups excluding carboxylic acids is 1. The summed E-state index contributed by atoms with van der Waals surface area (Å²) in [5, 5.41) is 4.08. The van der Waals surface area contributed by atoms with Crippen molar-refractivity contribution in [1.82, 2.24) is 10.3 Å². The fourth-order valence-corrected chi connectivity index (χ4v) is 4.15. The van der Waals surface area contributed by atoms with Crippen LogP contribution in [0.4, 0.5) is 4.39 Å². The summed E-state index contributed by atoms with van der Waals surface area (Å²) < 4.78 is 13.3. The van der Waals surface area contributed by atoms with Crippen molar-refractivity contribution in [3.05, 3.63) is 90.2 Å². The molecule has 1 amide bonds. The van der Waals surface area contributed by atoms with E-state index in [2.05, 4.69) is 16.4 Å². The number of nitrogens with one attached hydrogen (secondary N) is 2. The smallest absolute Gasteiger partial charge is 0.251 e. The third-order valence-electron chi connectivity index (χ3n) is 4.46. The lowest BCUT2D eigenvalue weighted by Crippen LogP contribution is -2.25. The molecule has 0 unspecified atom stereocenters. The molecule has 0 aliphatic heterocycles. The molecular formula is C23H19FN2OS. The van der Waals surface area contributed by atoms with Gasteiger partial charge in [-0.05, 0) is 48.0 Å². The Balaban J connectivity index is 1.50. The Morgan fingerprint density at radius 1 is 0.929 bits per heavy atom. The molecule has 4 aromatic rings. The first-order valence-corrected chi connectivity index (χ1v) is 10.0. The number of hydrogen-bond donors (Lipinski definition) is 2. The molecule has 0 spiro atoms. The Morgan fingerprint density at radius 2 is 1.64 bits per heavy atom. The van der Waals surface area contributed by atoms with Crippen LogP contribution in [0.2, 0.25) is 0 Å². The van der Waals surface area contributed by atoms with Crippen LogP contribution in [0.15, 0.2) is 83.8 Å². The molecule has 2 N–H and O–H groups in total. The third-order valence-corrected chi connectivity index (χ3v) is 5.58. The van der Waals surface area contributed by atoms with E-state index < -0.39 is 0 Å². The number of aromatic amines is 1. The summed E-state index contributed by atoms with van der Waals surface area (Å²) in [6.07, 6.45) is 0. The van der Waals surface area contributed by atoms with Gasteiger partial charge in [0.25, 0.3) is 5.91 Å². The van der Waals surface area contributed by atoms with Crippen LogP contribution >= 0.6 is 11.8 Å². The molecule has 1 heterocycles. The van der Waals surface area contributed by atoms with Gasteiger partial charge in [-0.2, -0.15) is 0 Å².